The topological polar surface area (TPSA) is 75.3 Å². The van der Waals surface area contributed by atoms with Gasteiger partial charge in [-0.05, 0) is 61.6 Å². The van der Waals surface area contributed by atoms with E-state index >= 15 is 0 Å². The highest BCUT2D eigenvalue weighted by molar-refractivity contribution is 7.99. The summed E-state index contributed by atoms with van der Waals surface area (Å²) in [5.74, 6) is 0.155. The molecule has 2 aromatic rings. The lowest BCUT2D eigenvalue weighted by molar-refractivity contribution is -0.123. The first-order valence-corrected chi connectivity index (χ1v) is 12.4. The number of benzene rings is 2. The zero-order valence-electron chi connectivity index (χ0n) is 17.3. The van der Waals surface area contributed by atoms with Gasteiger partial charge in [0.25, 0.3) is 0 Å². The fraction of sp³-hybridized carbons (Fsp3) is 0.409. The lowest BCUT2D eigenvalue weighted by atomic mass is 10.0. The van der Waals surface area contributed by atoms with Crippen LogP contribution in [0.4, 0.5) is 4.39 Å². The van der Waals surface area contributed by atoms with Crippen molar-refractivity contribution in [2.75, 3.05) is 5.75 Å². The van der Waals surface area contributed by atoms with Crippen LogP contribution in [0, 0.1) is 18.7 Å². The number of nitrogens with one attached hydrogen (secondary N) is 2. The molecule has 5 nitrogen and oxygen atoms in total. The van der Waals surface area contributed by atoms with Crippen molar-refractivity contribution in [2.45, 2.75) is 55.5 Å². The number of carbonyl (C=O) groups is 1. The first-order valence-electron chi connectivity index (χ1n) is 9.97. The van der Waals surface area contributed by atoms with Gasteiger partial charge in [0.1, 0.15) is 11.9 Å². The molecule has 1 aliphatic heterocycles. The van der Waals surface area contributed by atoms with Crippen molar-refractivity contribution in [1.82, 2.24) is 10.0 Å². The zero-order chi connectivity index (χ0) is 21.9. The van der Waals surface area contributed by atoms with E-state index in [9.17, 15) is 17.6 Å². The summed E-state index contributed by atoms with van der Waals surface area (Å²) < 4.78 is 42.0. The van der Waals surface area contributed by atoms with Gasteiger partial charge in [0.15, 0.2) is 0 Å². The second-order valence-corrected chi connectivity index (χ2v) is 10.8. The van der Waals surface area contributed by atoms with Crippen molar-refractivity contribution < 1.29 is 17.6 Å². The Morgan fingerprint density at radius 3 is 2.57 bits per heavy atom. The lowest BCUT2D eigenvalue weighted by Crippen LogP contribution is -2.48. The maximum Gasteiger partial charge on any atom is 0.241 e. The van der Waals surface area contributed by atoms with E-state index in [4.69, 9.17) is 0 Å². The molecule has 3 rings (SSSR count). The molecule has 1 heterocycles. The van der Waals surface area contributed by atoms with Crippen LogP contribution in [0.5, 0.6) is 0 Å². The van der Waals surface area contributed by atoms with Gasteiger partial charge in [-0.15, -0.1) is 11.8 Å². The Bertz CT molecular complexity index is 1010. The molecular weight excluding hydrogens is 423 g/mol. The number of halogens is 1. The number of hydrogen-bond acceptors (Lipinski definition) is 4. The third kappa shape index (κ3) is 5.62. The van der Waals surface area contributed by atoms with Crippen LogP contribution in [0.1, 0.15) is 43.9 Å². The highest BCUT2D eigenvalue weighted by atomic mass is 32.2. The Balaban J connectivity index is 1.80. The van der Waals surface area contributed by atoms with Gasteiger partial charge in [0, 0.05) is 10.6 Å². The third-order valence-corrected chi connectivity index (χ3v) is 7.59. The summed E-state index contributed by atoms with van der Waals surface area (Å²) in [5.41, 5.74) is 1.69. The molecule has 2 atom stereocenters. The van der Waals surface area contributed by atoms with Crippen LogP contribution >= 0.6 is 11.8 Å². The quantitative estimate of drug-likeness (QED) is 0.664. The molecule has 2 unspecified atom stereocenters. The Hall–Kier alpha value is -1.90. The second-order valence-electron chi connectivity index (χ2n) is 8.00. The van der Waals surface area contributed by atoms with Crippen LogP contribution in [0.15, 0.2) is 52.3 Å². The minimum Gasteiger partial charge on any atom is -0.348 e. The van der Waals surface area contributed by atoms with E-state index < -0.39 is 22.0 Å². The van der Waals surface area contributed by atoms with Crippen molar-refractivity contribution in [3.05, 3.63) is 59.4 Å². The zero-order valence-corrected chi connectivity index (χ0v) is 18.9. The van der Waals surface area contributed by atoms with Crippen molar-refractivity contribution in [1.29, 1.82) is 0 Å². The summed E-state index contributed by atoms with van der Waals surface area (Å²) in [5, 5.41) is 2.95. The number of amides is 1. The first kappa shape index (κ1) is 22.8. The monoisotopic (exact) mass is 450 g/mol. The van der Waals surface area contributed by atoms with E-state index in [2.05, 4.69) is 10.0 Å². The largest absolute Gasteiger partial charge is 0.348 e. The maximum absolute atomic E-state index is 13.8. The molecule has 0 spiro atoms. The maximum atomic E-state index is 13.8. The van der Waals surface area contributed by atoms with Crippen molar-refractivity contribution in [3.63, 3.8) is 0 Å². The van der Waals surface area contributed by atoms with E-state index in [0.717, 1.165) is 21.8 Å². The summed E-state index contributed by atoms with van der Waals surface area (Å²) in [6, 6.07) is 9.81. The summed E-state index contributed by atoms with van der Waals surface area (Å²) in [6.45, 7) is 5.74. The Kier molecular flexibility index (Phi) is 7.21. The fourth-order valence-corrected chi connectivity index (χ4v) is 5.75. The molecule has 0 aromatic heterocycles. The number of fused-ring (bicyclic) bond motifs is 1. The molecule has 0 radical (unpaired) electrons. The molecule has 0 aliphatic carbocycles. The smallest absolute Gasteiger partial charge is 0.241 e. The molecule has 8 heteroatoms. The predicted molar refractivity (Wildman–Crippen MR) is 117 cm³/mol. The van der Waals surface area contributed by atoms with Gasteiger partial charge in [-0.2, -0.15) is 4.72 Å². The van der Waals surface area contributed by atoms with Gasteiger partial charge in [0.05, 0.1) is 10.9 Å². The van der Waals surface area contributed by atoms with Crippen LogP contribution in [0.2, 0.25) is 0 Å². The average Bonchev–Trinajstić information content (AvgIpc) is 2.67. The highest BCUT2D eigenvalue weighted by Gasteiger charge is 2.30. The summed E-state index contributed by atoms with van der Waals surface area (Å²) in [4.78, 5) is 14.1. The SMILES string of the molecule is Cc1ccc(S(=O)(=O)NC(CC(C)C)C(=O)NC2CCSc3ccc(F)cc32)cc1. The molecule has 0 saturated heterocycles. The van der Waals surface area contributed by atoms with Gasteiger partial charge >= 0.3 is 0 Å². The standard InChI is InChI=1S/C22H27FN2O3S2/c1-14(2)12-20(25-30(27,28)17-7-4-15(3)5-8-17)22(26)24-19-10-11-29-21-9-6-16(23)13-18(19)21/h4-9,13-14,19-20,25H,10-12H2,1-3H3,(H,24,26). The van der Waals surface area contributed by atoms with Crippen LogP contribution in [-0.4, -0.2) is 26.1 Å². The van der Waals surface area contributed by atoms with Crippen LogP contribution in [0.25, 0.3) is 0 Å². The van der Waals surface area contributed by atoms with Crippen molar-refractivity contribution in [2.24, 2.45) is 5.92 Å². The number of sulfonamides is 1. The normalized spacial score (nSPS) is 17.4. The summed E-state index contributed by atoms with van der Waals surface area (Å²) >= 11 is 1.63. The molecule has 0 fully saturated rings. The van der Waals surface area contributed by atoms with E-state index in [1.807, 2.05) is 20.8 Å². The summed E-state index contributed by atoms with van der Waals surface area (Å²) in [7, 11) is -3.85. The van der Waals surface area contributed by atoms with E-state index in [1.54, 1.807) is 30.0 Å². The summed E-state index contributed by atoms with van der Waals surface area (Å²) in [6.07, 6.45) is 1.01. The first-order chi connectivity index (χ1) is 14.2. The predicted octanol–water partition coefficient (Wildman–Crippen LogP) is 4.18. The minimum absolute atomic E-state index is 0.105. The van der Waals surface area contributed by atoms with Crippen LogP contribution in [0.3, 0.4) is 0 Å². The Morgan fingerprint density at radius 1 is 1.20 bits per heavy atom. The highest BCUT2D eigenvalue weighted by Crippen LogP contribution is 2.36. The molecule has 2 aromatic carbocycles. The molecule has 2 N–H and O–H groups in total. The molecule has 1 aliphatic rings. The molecule has 0 saturated carbocycles. The second kappa shape index (κ2) is 9.49. The van der Waals surface area contributed by atoms with E-state index in [1.165, 1.54) is 24.3 Å². The number of aryl methyl sites for hydroxylation is 1. The van der Waals surface area contributed by atoms with E-state index in [-0.39, 0.29) is 22.7 Å². The van der Waals surface area contributed by atoms with Crippen molar-refractivity contribution >= 4 is 27.7 Å². The van der Waals surface area contributed by atoms with Gasteiger partial charge < -0.3 is 5.32 Å². The van der Waals surface area contributed by atoms with Gasteiger partial charge in [0.2, 0.25) is 15.9 Å². The van der Waals surface area contributed by atoms with Crippen LogP contribution in [-0.2, 0) is 14.8 Å². The molecule has 30 heavy (non-hydrogen) atoms. The number of rotatable bonds is 7. The number of hydrogen-bond donors (Lipinski definition) is 2. The van der Waals surface area contributed by atoms with Gasteiger partial charge in [-0.1, -0.05) is 31.5 Å². The van der Waals surface area contributed by atoms with E-state index in [0.29, 0.717) is 12.8 Å². The Labute approximate surface area is 181 Å². The van der Waals surface area contributed by atoms with Crippen molar-refractivity contribution in [3.8, 4) is 0 Å². The number of carbonyl (C=O) groups excluding carboxylic acids is 1. The Morgan fingerprint density at radius 2 is 1.90 bits per heavy atom. The lowest BCUT2D eigenvalue weighted by Gasteiger charge is -2.28. The molecule has 162 valence electrons. The average molecular weight is 451 g/mol. The molecule has 0 bridgehead atoms. The van der Waals surface area contributed by atoms with Crippen LogP contribution < -0.4 is 10.0 Å². The third-order valence-electron chi connectivity index (χ3n) is 4.98. The molecular formula is C22H27FN2O3S2. The fourth-order valence-electron chi connectivity index (χ4n) is 3.44. The molecule has 1 amide bonds. The van der Waals surface area contributed by atoms with Gasteiger partial charge in [-0.25, -0.2) is 12.8 Å². The van der Waals surface area contributed by atoms with Gasteiger partial charge in [-0.3, -0.25) is 4.79 Å². The minimum atomic E-state index is -3.85. The number of thioether (sulfide) groups is 1.